The summed E-state index contributed by atoms with van der Waals surface area (Å²) in [5.41, 5.74) is 0.214. The third-order valence-corrected chi connectivity index (χ3v) is 7.23. The normalized spacial score (nSPS) is 17.2. The molecule has 0 bridgehead atoms. The van der Waals surface area contributed by atoms with Gasteiger partial charge in [-0.2, -0.15) is 13.2 Å². The number of alkyl halides is 5. The van der Waals surface area contributed by atoms with E-state index >= 15 is 0 Å². The van der Waals surface area contributed by atoms with Crippen molar-refractivity contribution >= 4 is 82.0 Å². The highest BCUT2D eigenvalue weighted by Crippen LogP contribution is 2.24. The zero-order valence-corrected chi connectivity index (χ0v) is 30.5. The number of anilines is 2. The van der Waals surface area contributed by atoms with Crippen molar-refractivity contribution in [1.29, 1.82) is 0 Å². The monoisotopic (exact) mass is 794 g/mol. The molecule has 2 saturated heterocycles. The molecule has 0 aliphatic carbocycles. The number of ether oxygens (including phenoxy) is 1. The van der Waals surface area contributed by atoms with Gasteiger partial charge in [0.25, 0.3) is 0 Å². The van der Waals surface area contributed by atoms with E-state index in [1.54, 1.807) is 31.7 Å². The molecule has 2 fully saturated rings. The number of carbonyl (C=O) groups is 4. The van der Waals surface area contributed by atoms with Crippen LogP contribution in [0.15, 0.2) is 36.4 Å². The molecule has 0 spiro atoms. The van der Waals surface area contributed by atoms with Gasteiger partial charge in [-0.25, -0.2) is 13.6 Å². The second-order valence-corrected chi connectivity index (χ2v) is 13.4. The van der Waals surface area contributed by atoms with Crippen LogP contribution in [0.1, 0.15) is 46.5 Å². The lowest BCUT2D eigenvalue weighted by atomic mass is 9.97. The van der Waals surface area contributed by atoms with Gasteiger partial charge in [-0.05, 0) is 89.4 Å². The molecule has 0 saturated carbocycles. The Morgan fingerprint density at radius 1 is 0.900 bits per heavy atom. The average molecular weight is 796 g/mol. The average Bonchev–Trinajstić information content (AvgIpc) is 3.05. The number of piperidine rings is 2. The Balaban J connectivity index is 0.000000416. The molecule has 0 radical (unpaired) electrons. The van der Waals surface area contributed by atoms with Gasteiger partial charge in [-0.1, -0.05) is 23.2 Å². The van der Waals surface area contributed by atoms with Crippen molar-refractivity contribution in [3.63, 3.8) is 0 Å². The van der Waals surface area contributed by atoms with Crippen LogP contribution in [0, 0.1) is 23.5 Å². The first kappa shape index (κ1) is 45.1. The van der Waals surface area contributed by atoms with Crippen molar-refractivity contribution in [3.8, 4) is 0 Å². The Bertz CT molecular complexity index is 1410. The third-order valence-electron chi connectivity index (χ3n) is 6.62. The Hall–Kier alpha value is -2.91. The van der Waals surface area contributed by atoms with Gasteiger partial charge >= 0.3 is 12.3 Å². The first-order valence-corrected chi connectivity index (χ1v) is 17.0. The molecule has 50 heavy (non-hydrogen) atoms. The molecule has 0 aromatic heterocycles. The minimum atomic E-state index is -4.64. The maximum atomic E-state index is 13.4. The third kappa shape index (κ3) is 18.4. The van der Waals surface area contributed by atoms with Gasteiger partial charge in [0, 0.05) is 31.0 Å². The van der Waals surface area contributed by atoms with Crippen LogP contribution in [0.2, 0.25) is 10.0 Å². The number of hydrogen-bond acceptors (Lipinski definition) is 6. The fourth-order valence-electron chi connectivity index (χ4n) is 4.40. The van der Waals surface area contributed by atoms with E-state index in [4.69, 9.17) is 55.9 Å². The molecule has 18 heteroatoms. The summed E-state index contributed by atoms with van der Waals surface area (Å²) >= 11 is 20.7. The zero-order valence-electron chi connectivity index (χ0n) is 27.5. The molecular weight excluding hydrogens is 757 g/mol. The van der Waals surface area contributed by atoms with Gasteiger partial charge < -0.3 is 25.6 Å². The van der Waals surface area contributed by atoms with Crippen molar-refractivity contribution in [3.05, 3.63) is 58.1 Å². The highest BCUT2D eigenvalue weighted by Gasteiger charge is 2.31. The molecule has 2 heterocycles. The Labute approximate surface area is 307 Å². The molecule has 2 aromatic rings. The second kappa shape index (κ2) is 22.1. The Morgan fingerprint density at radius 3 is 1.76 bits per heavy atom. The standard InChI is InChI=1S/C17H22ClFN2O3.C12H14ClFN2O.C2HF3O.CH2Cl2/c1-17(2,3)24-16(23)21-8-4-5-11(10-21)15(22)20-12-6-7-13(18)14(19)9-12;13-10-4-3-9(6-11(10)14)16-12(17)8-2-1-5-15-7-8;3-2(4,5)1-6;2-1-3/h6-7,9,11H,4-5,8,10H2,1-3H3,(H,20,22);3-4,6,8,15H,1-2,5,7H2,(H,16,17);1H;1H2. The first-order valence-electron chi connectivity index (χ1n) is 15.2. The number of carbonyl (C=O) groups excluding carboxylic acids is 4. The van der Waals surface area contributed by atoms with Gasteiger partial charge in [0.15, 0.2) is 0 Å². The summed E-state index contributed by atoms with van der Waals surface area (Å²) in [4.78, 5) is 46.6. The van der Waals surface area contributed by atoms with E-state index < -0.39 is 35.8 Å². The molecule has 2 aliphatic heterocycles. The summed E-state index contributed by atoms with van der Waals surface area (Å²) in [7, 11) is 0. The topological polar surface area (TPSA) is 117 Å². The van der Waals surface area contributed by atoms with Gasteiger partial charge in [0.1, 0.15) is 17.2 Å². The maximum Gasteiger partial charge on any atom is 0.446 e. The van der Waals surface area contributed by atoms with Gasteiger partial charge in [0.05, 0.1) is 27.2 Å². The van der Waals surface area contributed by atoms with Crippen LogP contribution in [0.4, 0.5) is 38.1 Å². The van der Waals surface area contributed by atoms with Crippen LogP contribution in [-0.4, -0.2) is 72.4 Å². The second-order valence-electron chi connectivity index (χ2n) is 11.8. The van der Waals surface area contributed by atoms with Gasteiger partial charge in [-0.3, -0.25) is 14.4 Å². The maximum absolute atomic E-state index is 13.4. The number of benzene rings is 2. The summed E-state index contributed by atoms with van der Waals surface area (Å²) in [6.45, 7) is 7.89. The number of rotatable bonds is 4. The number of amides is 3. The van der Waals surface area contributed by atoms with Crippen molar-refractivity contribution in [2.24, 2.45) is 11.8 Å². The highest BCUT2D eigenvalue weighted by molar-refractivity contribution is 6.40. The van der Waals surface area contributed by atoms with E-state index in [1.165, 1.54) is 30.3 Å². The lowest BCUT2D eigenvalue weighted by molar-refractivity contribution is -0.156. The largest absolute Gasteiger partial charge is 0.446 e. The number of halogens is 9. The van der Waals surface area contributed by atoms with Crippen LogP contribution in [0.25, 0.3) is 0 Å². The minimum absolute atomic E-state index is 0.00164. The number of aldehydes is 1. The van der Waals surface area contributed by atoms with Crippen molar-refractivity contribution in [1.82, 2.24) is 10.2 Å². The molecule has 280 valence electrons. The lowest BCUT2D eigenvalue weighted by Crippen LogP contribution is -2.45. The van der Waals surface area contributed by atoms with E-state index in [-0.39, 0.29) is 45.6 Å². The lowest BCUT2D eigenvalue weighted by Gasteiger charge is -2.33. The van der Waals surface area contributed by atoms with Crippen LogP contribution in [0.5, 0.6) is 0 Å². The van der Waals surface area contributed by atoms with E-state index in [2.05, 4.69) is 16.0 Å². The molecule has 3 amide bonds. The van der Waals surface area contributed by atoms with E-state index in [0.717, 1.165) is 19.4 Å². The molecule has 2 atom stereocenters. The van der Waals surface area contributed by atoms with Crippen molar-refractivity contribution in [2.45, 2.75) is 58.2 Å². The Kier molecular flexibility index (Phi) is 20.0. The fraction of sp³-hybridized carbons (Fsp3) is 0.500. The smallest absolute Gasteiger partial charge is 0.444 e. The minimum Gasteiger partial charge on any atom is -0.444 e. The van der Waals surface area contributed by atoms with Gasteiger partial charge in [0.2, 0.25) is 18.1 Å². The van der Waals surface area contributed by atoms with E-state index in [1.807, 2.05) is 0 Å². The molecule has 9 nitrogen and oxygen atoms in total. The van der Waals surface area contributed by atoms with Crippen molar-refractivity contribution in [2.75, 3.05) is 42.2 Å². The van der Waals surface area contributed by atoms with Crippen LogP contribution in [-0.2, 0) is 19.1 Å². The Morgan fingerprint density at radius 2 is 1.36 bits per heavy atom. The highest BCUT2D eigenvalue weighted by atomic mass is 35.5. The number of hydrogen-bond donors (Lipinski definition) is 3. The molecule has 3 N–H and O–H groups in total. The predicted molar refractivity (Wildman–Crippen MR) is 185 cm³/mol. The molecule has 2 aliphatic rings. The van der Waals surface area contributed by atoms with Crippen LogP contribution in [0.3, 0.4) is 0 Å². The fourth-order valence-corrected chi connectivity index (χ4v) is 4.63. The summed E-state index contributed by atoms with van der Waals surface area (Å²) in [5.74, 6) is -1.82. The molecule has 2 aromatic carbocycles. The molecule has 4 rings (SSSR count). The number of likely N-dealkylation sites (tertiary alicyclic amines) is 1. The first-order chi connectivity index (χ1) is 23.3. The van der Waals surface area contributed by atoms with Crippen LogP contribution >= 0.6 is 46.4 Å². The predicted octanol–water partition coefficient (Wildman–Crippen LogP) is 8.65. The molecule has 2 unspecified atom stereocenters. The molecular formula is C32H39Cl4F5N4O5. The van der Waals surface area contributed by atoms with Crippen molar-refractivity contribution < 1.29 is 45.9 Å². The summed E-state index contributed by atoms with van der Waals surface area (Å²) in [5, 5.41) is 8.79. The van der Waals surface area contributed by atoms with Gasteiger partial charge in [-0.15, -0.1) is 23.2 Å². The summed E-state index contributed by atoms with van der Waals surface area (Å²) < 4.78 is 63.2. The number of nitrogens with zero attached hydrogens (tertiary/aromatic N) is 1. The number of nitrogens with one attached hydrogen (secondary N) is 3. The summed E-state index contributed by atoms with van der Waals surface area (Å²) in [6.07, 6.45) is -2.87. The quantitative estimate of drug-likeness (QED) is 0.162. The van der Waals surface area contributed by atoms with Crippen LogP contribution < -0.4 is 16.0 Å². The van der Waals surface area contributed by atoms with E-state index in [9.17, 15) is 36.3 Å². The summed E-state index contributed by atoms with van der Waals surface area (Å²) in [6, 6.07) is 8.37. The zero-order chi connectivity index (χ0) is 38.1. The van der Waals surface area contributed by atoms with E-state index in [0.29, 0.717) is 37.3 Å². The SMILES string of the molecule is CC(C)(C)OC(=O)N1CCCC(C(=O)Nc2ccc(Cl)c(F)c2)C1.ClCCl.O=C(Nc1ccc(Cl)c(F)c1)C1CCCNC1.O=CC(F)(F)F.